The number of methoxy groups -OCH3 is 2. The highest BCUT2D eigenvalue weighted by molar-refractivity contribution is 7.90. The number of nitrogens with zero attached hydrogens (tertiary/aromatic N) is 5. The summed E-state index contributed by atoms with van der Waals surface area (Å²) in [7, 11) is -1.21. The van der Waals surface area contributed by atoms with Crippen LogP contribution in [0.4, 0.5) is 5.95 Å². The Balaban J connectivity index is 2.68. The summed E-state index contributed by atoms with van der Waals surface area (Å²) >= 11 is 11.3. The monoisotopic (exact) mass is 520 g/mol. The summed E-state index contributed by atoms with van der Waals surface area (Å²) in [6.45, 7) is 1.52. The number of esters is 1. The zero-order chi connectivity index (χ0) is 24.8. The molecule has 1 aromatic carbocycles. The number of aromatic nitrogens is 3. The number of amides is 1. The lowest BCUT2D eigenvalue weighted by atomic mass is 10.2. The zero-order valence-corrected chi connectivity index (χ0v) is 20.0. The Labute approximate surface area is 198 Å². The predicted octanol–water partition coefficient (Wildman–Crippen LogP) is 1.33. The van der Waals surface area contributed by atoms with Crippen molar-refractivity contribution in [1.29, 1.82) is 0 Å². The van der Waals surface area contributed by atoms with Gasteiger partial charge in [-0.3, -0.25) is 14.9 Å². The van der Waals surface area contributed by atoms with Gasteiger partial charge in [-0.2, -0.15) is 28.4 Å². The van der Waals surface area contributed by atoms with E-state index in [1.807, 2.05) is 0 Å². The third-order valence-corrected chi connectivity index (χ3v) is 5.37. The number of carbonyl (C=O) groups excluding carboxylic acids is 2. The molecule has 0 aliphatic carbocycles. The normalized spacial score (nSPS) is 11.8. The van der Waals surface area contributed by atoms with Gasteiger partial charge in [-0.15, -0.1) is 4.40 Å². The van der Waals surface area contributed by atoms with Crippen LogP contribution in [0.25, 0.3) is 0 Å². The Hall–Kier alpha value is -3.07. The number of carbonyl (C=O) groups is 2. The number of hydroxylamine groups is 2. The van der Waals surface area contributed by atoms with E-state index in [4.69, 9.17) is 32.8 Å². The highest BCUT2D eigenvalue weighted by Gasteiger charge is 2.30. The van der Waals surface area contributed by atoms with E-state index >= 15 is 0 Å². The number of alkyl halides is 2. The molecule has 1 amide bonds. The summed E-state index contributed by atoms with van der Waals surface area (Å²) in [5, 5.41) is 2.83. The standard InChI is InChI=1S/C17H18Cl2N6O7S/c1-9-20-15(23-17(21-9)31-3)22-16(25(32-4)13(26)12(18)19)24-33(28,29)11-8-6-5-7-10(11)14(27)30-2/h5-8,12H,1-4H3,(H,20,21,22,23,24). The Morgan fingerprint density at radius 3 is 2.36 bits per heavy atom. The smallest absolute Gasteiger partial charge is 0.339 e. The van der Waals surface area contributed by atoms with Gasteiger partial charge in [0.15, 0.2) is 4.84 Å². The molecule has 0 saturated heterocycles. The van der Waals surface area contributed by atoms with Gasteiger partial charge >= 0.3 is 12.0 Å². The Morgan fingerprint density at radius 2 is 1.79 bits per heavy atom. The van der Waals surface area contributed by atoms with Gasteiger partial charge in [-0.1, -0.05) is 35.3 Å². The first-order valence-electron chi connectivity index (χ1n) is 8.76. The number of halogens is 2. The number of aryl methyl sites for hydroxylation is 1. The van der Waals surface area contributed by atoms with Gasteiger partial charge in [0.25, 0.3) is 15.9 Å². The molecule has 1 N–H and O–H groups in total. The van der Waals surface area contributed by atoms with Crippen molar-refractivity contribution in [3.05, 3.63) is 35.7 Å². The van der Waals surface area contributed by atoms with Gasteiger partial charge in [0.1, 0.15) is 10.7 Å². The van der Waals surface area contributed by atoms with E-state index in [0.29, 0.717) is 5.06 Å². The van der Waals surface area contributed by atoms with Crippen molar-refractivity contribution in [2.45, 2.75) is 16.7 Å². The molecular formula is C17H18Cl2N6O7S. The molecule has 0 bridgehead atoms. The molecule has 2 aromatic rings. The molecule has 0 fully saturated rings. The average Bonchev–Trinajstić information content (AvgIpc) is 2.78. The molecule has 0 radical (unpaired) electrons. The summed E-state index contributed by atoms with van der Waals surface area (Å²) in [6.07, 6.45) is 0. The fraction of sp³-hybridized carbons (Fsp3) is 0.294. The molecule has 178 valence electrons. The van der Waals surface area contributed by atoms with Crippen molar-refractivity contribution in [3.8, 4) is 6.01 Å². The second kappa shape index (κ2) is 11.2. The van der Waals surface area contributed by atoms with E-state index in [1.54, 1.807) is 0 Å². The number of benzene rings is 1. The molecule has 0 aliphatic rings. The number of guanidine groups is 1. The van der Waals surface area contributed by atoms with Gasteiger partial charge in [0.05, 0.1) is 26.9 Å². The van der Waals surface area contributed by atoms with Crippen LogP contribution in [-0.4, -0.2) is 72.4 Å². The summed E-state index contributed by atoms with van der Waals surface area (Å²) in [5.74, 6) is -2.78. The van der Waals surface area contributed by atoms with Crippen LogP contribution in [0.2, 0.25) is 0 Å². The number of ether oxygens (including phenoxy) is 2. The molecular weight excluding hydrogens is 503 g/mol. The molecule has 0 spiro atoms. The molecule has 13 nitrogen and oxygen atoms in total. The van der Waals surface area contributed by atoms with Crippen molar-refractivity contribution in [2.24, 2.45) is 4.40 Å². The van der Waals surface area contributed by atoms with Crippen LogP contribution in [0.15, 0.2) is 33.6 Å². The number of sulfonamides is 1. The molecule has 2 rings (SSSR count). The summed E-state index contributed by atoms with van der Waals surface area (Å²) in [6, 6.07) is 5.06. The van der Waals surface area contributed by atoms with Crippen LogP contribution in [0, 0.1) is 6.92 Å². The molecule has 0 saturated carbocycles. The zero-order valence-electron chi connectivity index (χ0n) is 17.6. The van der Waals surface area contributed by atoms with E-state index in [2.05, 4.69) is 29.4 Å². The molecule has 0 unspecified atom stereocenters. The minimum absolute atomic E-state index is 0.105. The van der Waals surface area contributed by atoms with E-state index in [1.165, 1.54) is 32.2 Å². The van der Waals surface area contributed by atoms with Crippen LogP contribution in [0.5, 0.6) is 6.01 Å². The minimum Gasteiger partial charge on any atom is -0.467 e. The summed E-state index contributed by atoms with van der Waals surface area (Å²) < 4.78 is 39.4. The average molecular weight is 521 g/mol. The summed E-state index contributed by atoms with van der Waals surface area (Å²) in [5.41, 5.74) is -0.288. The van der Waals surface area contributed by atoms with Gasteiger partial charge in [0.2, 0.25) is 11.9 Å². The second-order valence-corrected chi connectivity index (χ2v) is 8.48. The van der Waals surface area contributed by atoms with E-state index in [-0.39, 0.29) is 23.3 Å². The summed E-state index contributed by atoms with van der Waals surface area (Å²) in [4.78, 5) is 39.0. The Kier molecular flexibility index (Phi) is 8.87. The molecule has 0 atom stereocenters. The largest absolute Gasteiger partial charge is 0.467 e. The Bertz CT molecular complexity index is 1180. The second-order valence-electron chi connectivity index (χ2n) is 5.81. The van der Waals surface area contributed by atoms with Gasteiger partial charge in [-0.05, 0) is 19.1 Å². The maximum atomic E-state index is 13.1. The first kappa shape index (κ1) is 26.2. The first-order chi connectivity index (χ1) is 15.5. The number of hydrogen-bond donors (Lipinski definition) is 1. The third-order valence-electron chi connectivity index (χ3n) is 3.67. The maximum Gasteiger partial charge on any atom is 0.339 e. The number of nitrogens with one attached hydrogen (secondary N) is 1. The van der Waals surface area contributed by atoms with Gasteiger partial charge < -0.3 is 9.47 Å². The lowest BCUT2D eigenvalue weighted by molar-refractivity contribution is -0.153. The fourth-order valence-corrected chi connectivity index (χ4v) is 3.62. The first-order valence-corrected chi connectivity index (χ1v) is 11.1. The molecule has 16 heteroatoms. The predicted molar refractivity (Wildman–Crippen MR) is 116 cm³/mol. The molecule has 1 heterocycles. The van der Waals surface area contributed by atoms with Crippen LogP contribution in [-0.2, 0) is 24.4 Å². The highest BCUT2D eigenvalue weighted by Crippen LogP contribution is 2.20. The van der Waals surface area contributed by atoms with Crippen molar-refractivity contribution in [2.75, 3.05) is 26.6 Å². The molecule has 33 heavy (non-hydrogen) atoms. The highest BCUT2D eigenvalue weighted by atomic mass is 35.5. The number of hydrogen-bond acceptors (Lipinski definition) is 10. The fourth-order valence-electron chi connectivity index (χ4n) is 2.32. The van der Waals surface area contributed by atoms with E-state index < -0.39 is 37.6 Å². The van der Waals surface area contributed by atoms with Crippen LogP contribution in [0.1, 0.15) is 16.2 Å². The van der Waals surface area contributed by atoms with Crippen molar-refractivity contribution in [3.63, 3.8) is 0 Å². The minimum atomic E-state index is -4.64. The Morgan fingerprint density at radius 1 is 1.12 bits per heavy atom. The molecule has 1 aromatic heterocycles. The van der Waals surface area contributed by atoms with Crippen molar-refractivity contribution in [1.82, 2.24) is 20.0 Å². The SMILES string of the molecule is COC(=O)c1ccccc1S(=O)(=O)N=C(Nc1nc(C)nc(OC)n1)N(OC)C(=O)C(Cl)Cl. The third kappa shape index (κ3) is 6.47. The maximum absolute atomic E-state index is 13.1. The van der Waals surface area contributed by atoms with Gasteiger partial charge in [-0.25, -0.2) is 4.79 Å². The van der Waals surface area contributed by atoms with Crippen LogP contribution < -0.4 is 10.1 Å². The lowest BCUT2D eigenvalue weighted by Gasteiger charge is -2.22. The van der Waals surface area contributed by atoms with E-state index in [9.17, 15) is 18.0 Å². The quantitative estimate of drug-likeness (QED) is 0.184. The van der Waals surface area contributed by atoms with Crippen molar-refractivity contribution >= 4 is 57.0 Å². The molecule has 0 aliphatic heterocycles. The number of rotatable bonds is 7. The van der Waals surface area contributed by atoms with Crippen LogP contribution >= 0.6 is 23.2 Å². The number of anilines is 1. The van der Waals surface area contributed by atoms with Gasteiger partial charge in [0, 0.05) is 0 Å². The lowest BCUT2D eigenvalue weighted by Crippen LogP contribution is -2.43. The topological polar surface area (TPSA) is 162 Å². The van der Waals surface area contributed by atoms with E-state index in [0.717, 1.165) is 20.3 Å². The van der Waals surface area contributed by atoms with Crippen LogP contribution in [0.3, 0.4) is 0 Å². The van der Waals surface area contributed by atoms with Crippen molar-refractivity contribution < 1.29 is 32.3 Å².